The number of hydrogen-bond donors (Lipinski definition) is 3. The summed E-state index contributed by atoms with van der Waals surface area (Å²) >= 11 is 0. The van der Waals surface area contributed by atoms with Crippen molar-refractivity contribution >= 4 is 12.1 Å². The number of nitrogens with one attached hydrogen (secondary N) is 3. The SMILES string of the molecule is CCOC(=O)NCCNC(=O)NCCc1cccc(C)c1. The minimum Gasteiger partial charge on any atom is -0.450 e. The first-order valence-electron chi connectivity index (χ1n) is 7.09. The van der Waals surface area contributed by atoms with Crippen molar-refractivity contribution in [2.24, 2.45) is 0 Å². The van der Waals surface area contributed by atoms with Gasteiger partial charge in [0, 0.05) is 19.6 Å². The topological polar surface area (TPSA) is 79.5 Å². The summed E-state index contributed by atoms with van der Waals surface area (Å²) in [6.45, 7) is 5.37. The highest BCUT2D eigenvalue weighted by Gasteiger charge is 2.01. The number of hydrogen-bond acceptors (Lipinski definition) is 3. The number of alkyl carbamates (subject to hydrolysis) is 1. The third kappa shape index (κ3) is 7.81. The van der Waals surface area contributed by atoms with Gasteiger partial charge in [-0.05, 0) is 25.8 Å². The largest absolute Gasteiger partial charge is 0.450 e. The van der Waals surface area contributed by atoms with E-state index >= 15 is 0 Å². The van der Waals surface area contributed by atoms with Crippen LogP contribution < -0.4 is 16.0 Å². The van der Waals surface area contributed by atoms with Gasteiger partial charge in [-0.3, -0.25) is 0 Å². The summed E-state index contributed by atoms with van der Waals surface area (Å²) < 4.78 is 4.69. The molecule has 3 N–H and O–H groups in total. The Morgan fingerprint density at radius 1 is 1.10 bits per heavy atom. The summed E-state index contributed by atoms with van der Waals surface area (Å²) in [5.41, 5.74) is 2.40. The molecule has 0 unspecified atom stereocenters. The van der Waals surface area contributed by atoms with Crippen LogP contribution in [0.5, 0.6) is 0 Å². The fourth-order valence-corrected chi connectivity index (χ4v) is 1.77. The summed E-state index contributed by atoms with van der Waals surface area (Å²) in [6, 6.07) is 7.94. The van der Waals surface area contributed by atoms with Crippen LogP contribution in [0.25, 0.3) is 0 Å². The lowest BCUT2D eigenvalue weighted by Gasteiger charge is -2.09. The van der Waals surface area contributed by atoms with Crippen molar-refractivity contribution in [3.63, 3.8) is 0 Å². The first-order valence-corrected chi connectivity index (χ1v) is 7.09. The second-order valence-electron chi connectivity index (χ2n) is 4.57. The first kappa shape index (κ1) is 16.8. The van der Waals surface area contributed by atoms with Gasteiger partial charge in [-0.1, -0.05) is 29.8 Å². The van der Waals surface area contributed by atoms with Crippen LogP contribution in [0.15, 0.2) is 24.3 Å². The molecular formula is C15H23N3O3. The first-order chi connectivity index (χ1) is 10.1. The molecular weight excluding hydrogens is 270 g/mol. The highest BCUT2D eigenvalue weighted by Crippen LogP contribution is 2.03. The molecule has 0 saturated heterocycles. The Hall–Kier alpha value is -2.24. The molecule has 3 amide bonds. The zero-order valence-corrected chi connectivity index (χ0v) is 12.6. The summed E-state index contributed by atoms with van der Waals surface area (Å²) in [6.07, 6.45) is 0.315. The van der Waals surface area contributed by atoms with Gasteiger partial charge in [0.2, 0.25) is 0 Å². The molecule has 0 aliphatic carbocycles. The zero-order valence-electron chi connectivity index (χ0n) is 12.6. The van der Waals surface area contributed by atoms with Crippen LogP contribution in [0.4, 0.5) is 9.59 Å². The van der Waals surface area contributed by atoms with Gasteiger partial charge in [0.1, 0.15) is 0 Å². The van der Waals surface area contributed by atoms with Gasteiger partial charge >= 0.3 is 12.1 Å². The molecule has 0 spiro atoms. The number of carbonyl (C=O) groups is 2. The van der Waals surface area contributed by atoms with Crippen molar-refractivity contribution in [3.8, 4) is 0 Å². The quantitative estimate of drug-likeness (QED) is 0.668. The second kappa shape index (κ2) is 9.63. The van der Waals surface area contributed by atoms with Crippen molar-refractivity contribution in [2.75, 3.05) is 26.2 Å². The van der Waals surface area contributed by atoms with E-state index in [4.69, 9.17) is 4.74 Å². The van der Waals surface area contributed by atoms with E-state index in [1.807, 2.05) is 25.1 Å². The van der Waals surface area contributed by atoms with Gasteiger partial charge in [0.25, 0.3) is 0 Å². The van der Waals surface area contributed by atoms with Gasteiger partial charge < -0.3 is 20.7 Å². The van der Waals surface area contributed by atoms with Gasteiger partial charge in [-0.2, -0.15) is 0 Å². The fourth-order valence-electron chi connectivity index (χ4n) is 1.77. The smallest absolute Gasteiger partial charge is 0.407 e. The number of benzene rings is 1. The lowest BCUT2D eigenvalue weighted by atomic mass is 10.1. The van der Waals surface area contributed by atoms with Crippen LogP contribution in [0, 0.1) is 6.92 Å². The van der Waals surface area contributed by atoms with E-state index in [0.717, 1.165) is 6.42 Å². The highest BCUT2D eigenvalue weighted by atomic mass is 16.5. The molecule has 0 radical (unpaired) electrons. The van der Waals surface area contributed by atoms with Gasteiger partial charge in [-0.15, -0.1) is 0 Å². The van der Waals surface area contributed by atoms with Crippen LogP contribution in [0.3, 0.4) is 0 Å². The molecule has 1 aromatic rings. The fraction of sp³-hybridized carbons (Fsp3) is 0.467. The molecule has 0 aliphatic heterocycles. The van der Waals surface area contributed by atoms with E-state index in [2.05, 4.69) is 22.0 Å². The minimum absolute atomic E-state index is 0.242. The predicted octanol–water partition coefficient (Wildman–Crippen LogP) is 1.58. The monoisotopic (exact) mass is 293 g/mol. The Balaban J connectivity index is 2.07. The van der Waals surface area contributed by atoms with Crippen LogP contribution in [-0.4, -0.2) is 38.4 Å². The van der Waals surface area contributed by atoms with E-state index < -0.39 is 6.09 Å². The molecule has 0 aliphatic rings. The molecule has 21 heavy (non-hydrogen) atoms. The van der Waals surface area contributed by atoms with Crippen molar-refractivity contribution in [1.82, 2.24) is 16.0 Å². The summed E-state index contributed by atoms with van der Waals surface area (Å²) in [4.78, 5) is 22.5. The number of aryl methyl sites for hydroxylation is 1. The van der Waals surface area contributed by atoms with E-state index in [1.54, 1.807) is 6.92 Å². The average Bonchev–Trinajstić information content (AvgIpc) is 2.44. The molecule has 1 aromatic carbocycles. The molecule has 0 heterocycles. The average molecular weight is 293 g/mol. The lowest BCUT2D eigenvalue weighted by Crippen LogP contribution is -2.41. The molecule has 1 rings (SSSR count). The molecule has 0 atom stereocenters. The van der Waals surface area contributed by atoms with Crippen LogP contribution in [-0.2, 0) is 11.2 Å². The highest BCUT2D eigenvalue weighted by molar-refractivity contribution is 5.74. The third-order valence-corrected chi connectivity index (χ3v) is 2.74. The third-order valence-electron chi connectivity index (χ3n) is 2.74. The van der Waals surface area contributed by atoms with E-state index in [0.29, 0.717) is 26.2 Å². The lowest BCUT2D eigenvalue weighted by molar-refractivity contribution is 0.152. The predicted molar refractivity (Wildman–Crippen MR) is 81.3 cm³/mol. The van der Waals surface area contributed by atoms with Crippen molar-refractivity contribution in [3.05, 3.63) is 35.4 Å². The van der Waals surface area contributed by atoms with Gasteiger partial charge in [0.05, 0.1) is 6.61 Å². The summed E-state index contributed by atoms with van der Waals surface area (Å²) in [5, 5.41) is 7.95. The normalized spacial score (nSPS) is 9.81. The molecule has 0 saturated carbocycles. The molecule has 0 bridgehead atoms. The zero-order chi connectivity index (χ0) is 15.5. The van der Waals surface area contributed by atoms with Gasteiger partial charge in [-0.25, -0.2) is 9.59 Å². The van der Waals surface area contributed by atoms with E-state index in [1.165, 1.54) is 11.1 Å². The second-order valence-corrected chi connectivity index (χ2v) is 4.57. The number of amides is 3. The van der Waals surface area contributed by atoms with E-state index in [-0.39, 0.29) is 6.03 Å². The minimum atomic E-state index is -0.473. The Bertz CT molecular complexity index is 463. The molecule has 0 fully saturated rings. The van der Waals surface area contributed by atoms with Crippen LogP contribution >= 0.6 is 0 Å². The Morgan fingerprint density at radius 2 is 1.81 bits per heavy atom. The molecule has 0 aromatic heterocycles. The number of ether oxygens (including phenoxy) is 1. The Morgan fingerprint density at radius 3 is 2.52 bits per heavy atom. The number of rotatable bonds is 7. The standard InChI is InChI=1S/C15H23N3O3/c1-3-21-15(20)18-10-9-17-14(19)16-8-7-13-6-4-5-12(2)11-13/h4-6,11H,3,7-10H2,1-2H3,(H,18,20)(H2,16,17,19). The van der Waals surface area contributed by atoms with Crippen LogP contribution in [0.1, 0.15) is 18.1 Å². The maximum Gasteiger partial charge on any atom is 0.407 e. The number of urea groups is 1. The number of carbonyl (C=O) groups excluding carboxylic acids is 2. The summed E-state index contributed by atoms with van der Waals surface area (Å²) in [7, 11) is 0. The van der Waals surface area contributed by atoms with Crippen molar-refractivity contribution in [1.29, 1.82) is 0 Å². The van der Waals surface area contributed by atoms with Crippen LogP contribution in [0.2, 0.25) is 0 Å². The van der Waals surface area contributed by atoms with E-state index in [9.17, 15) is 9.59 Å². The maximum atomic E-state index is 11.5. The molecule has 116 valence electrons. The van der Waals surface area contributed by atoms with Crippen molar-refractivity contribution in [2.45, 2.75) is 20.3 Å². The maximum absolute atomic E-state index is 11.5. The van der Waals surface area contributed by atoms with Crippen molar-refractivity contribution < 1.29 is 14.3 Å². The Labute approximate surface area is 125 Å². The molecule has 6 heteroatoms. The molecule has 6 nitrogen and oxygen atoms in total. The summed E-state index contributed by atoms with van der Waals surface area (Å²) in [5.74, 6) is 0. The van der Waals surface area contributed by atoms with Gasteiger partial charge in [0.15, 0.2) is 0 Å². The Kier molecular flexibility index (Phi) is 7.71.